The second kappa shape index (κ2) is 7.65. The van der Waals surface area contributed by atoms with Crippen LogP contribution in [0.15, 0.2) is 72.8 Å². The Balaban J connectivity index is 1.52. The van der Waals surface area contributed by atoms with E-state index in [2.05, 4.69) is 11.1 Å². The molecule has 4 nitrogen and oxygen atoms in total. The lowest BCUT2D eigenvalue weighted by molar-refractivity contribution is 0.0819. The molecule has 0 aliphatic rings. The number of ether oxygens (including phenoxy) is 1. The molecule has 4 heteroatoms. The van der Waals surface area contributed by atoms with E-state index >= 15 is 0 Å². The molecule has 0 saturated heterocycles. The van der Waals surface area contributed by atoms with Gasteiger partial charge in [-0.1, -0.05) is 42.5 Å². The van der Waals surface area contributed by atoms with Gasteiger partial charge in [-0.15, -0.1) is 0 Å². The first kappa shape index (κ1) is 18.5. The summed E-state index contributed by atoms with van der Waals surface area (Å²) < 4.78 is 5.92. The van der Waals surface area contributed by atoms with E-state index in [4.69, 9.17) is 10.00 Å². The van der Waals surface area contributed by atoms with Crippen molar-refractivity contribution >= 4 is 16.7 Å². The number of carbonyl (C=O) groups excluding carboxylic acids is 1. The summed E-state index contributed by atoms with van der Waals surface area (Å²) in [6, 6.07) is 25.0. The number of carbonyl (C=O) groups is 1. The van der Waals surface area contributed by atoms with Crippen LogP contribution in [0.3, 0.4) is 0 Å². The number of hydrogen-bond donors (Lipinski definition) is 1. The summed E-state index contributed by atoms with van der Waals surface area (Å²) in [4.78, 5) is 16.3. The number of rotatable bonds is 5. The van der Waals surface area contributed by atoms with Crippen LogP contribution in [0, 0.1) is 18.3 Å². The molecule has 1 N–H and O–H groups in total. The second-order valence-corrected chi connectivity index (χ2v) is 7.01. The fraction of sp³-hybridized carbons (Fsp3) is 0.120. The van der Waals surface area contributed by atoms with Gasteiger partial charge < -0.3 is 9.72 Å². The maximum absolute atomic E-state index is 13.0. The second-order valence-electron chi connectivity index (χ2n) is 7.01. The van der Waals surface area contributed by atoms with Crippen LogP contribution >= 0.6 is 0 Å². The third kappa shape index (κ3) is 3.63. The number of aromatic nitrogens is 1. The highest BCUT2D eigenvalue weighted by molar-refractivity contribution is 6.11. The molecule has 1 atom stereocenters. The van der Waals surface area contributed by atoms with E-state index in [9.17, 15) is 4.79 Å². The molecular weight excluding hydrogens is 360 g/mol. The van der Waals surface area contributed by atoms with Crippen LogP contribution in [0.5, 0.6) is 5.75 Å². The Morgan fingerprint density at radius 3 is 2.24 bits per heavy atom. The standard InChI is InChI=1S/C25H20N2O2/c1-16-24(22-5-3-4-6-23(22)27-16)25(28)17(2)29-21-13-11-20(12-14-21)19-9-7-18(15-26)8-10-19/h3-14,17,27H,1-2H3/t17-/m1/s1. The molecule has 0 spiro atoms. The van der Waals surface area contributed by atoms with Crippen LogP contribution in [0.1, 0.15) is 28.5 Å². The van der Waals surface area contributed by atoms with Crippen molar-refractivity contribution in [1.29, 1.82) is 5.26 Å². The van der Waals surface area contributed by atoms with Crippen LogP contribution in [0.2, 0.25) is 0 Å². The quantitative estimate of drug-likeness (QED) is 0.454. The van der Waals surface area contributed by atoms with Crippen molar-refractivity contribution in [2.45, 2.75) is 20.0 Å². The Hall–Kier alpha value is -3.84. The largest absolute Gasteiger partial charge is 0.483 e. The number of benzene rings is 3. The number of fused-ring (bicyclic) bond motifs is 1. The molecule has 0 bridgehead atoms. The van der Waals surface area contributed by atoms with Gasteiger partial charge in [0.15, 0.2) is 6.10 Å². The number of aromatic amines is 1. The minimum Gasteiger partial charge on any atom is -0.483 e. The van der Waals surface area contributed by atoms with Crippen molar-refractivity contribution in [1.82, 2.24) is 4.98 Å². The SMILES string of the molecule is Cc1[nH]c2ccccc2c1C(=O)[C@@H](C)Oc1ccc(-c2ccc(C#N)cc2)cc1. The van der Waals surface area contributed by atoms with Crippen LogP contribution in [-0.4, -0.2) is 16.9 Å². The number of nitrogens with one attached hydrogen (secondary N) is 1. The van der Waals surface area contributed by atoms with Crippen molar-refractivity contribution in [3.63, 3.8) is 0 Å². The highest BCUT2D eigenvalue weighted by Crippen LogP contribution is 2.26. The zero-order valence-electron chi connectivity index (χ0n) is 16.3. The summed E-state index contributed by atoms with van der Waals surface area (Å²) in [5.74, 6) is 0.594. The highest BCUT2D eigenvalue weighted by atomic mass is 16.5. The predicted molar refractivity (Wildman–Crippen MR) is 114 cm³/mol. The number of nitrogens with zero attached hydrogens (tertiary/aromatic N) is 1. The lowest BCUT2D eigenvalue weighted by atomic mass is 10.0. The van der Waals surface area contributed by atoms with Gasteiger partial charge in [-0.25, -0.2) is 0 Å². The van der Waals surface area contributed by atoms with E-state index in [1.165, 1.54) is 0 Å². The van der Waals surface area contributed by atoms with Gasteiger partial charge in [0.2, 0.25) is 5.78 Å². The van der Waals surface area contributed by atoms with E-state index in [-0.39, 0.29) is 5.78 Å². The number of H-pyrrole nitrogens is 1. The number of aryl methyl sites for hydroxylation is 1. The summed E-state index contributed by atoms with van der Waals surface area (Å²) in [6.07, 6.45) is -0.603. The van der Waals surface area contributed by atoms with Crippen LogP contribution in [0.4, 0.5) is 0 Å². The van der Waals surface area contributed by atoms with Crippen molar-refractivity contribution in [3.05, 3.63) is 89.6 Å². The van der Waals surface area contributed by atoms with Crippen molar-refractivity contribution < 1.29 is 9.53 Å². The van der Waals surface area contributed by atoms with Gasteiger partial charge in [0.1, 0.15) is 5.75 Å². The summed E-state index contributed by atoms with van der Waals surface area (Å²) in [5.41, 5.74) is 5.16. The molecule has 4 rings (SSSR count). The molecule has 0 unspecified atom stereocenters. The highest BCUT2D eigenvalue weighted by Gasteiger charge is 2.22. The molecule has 0 fully saturated rings. The number of ketones is 1. The minimum atomic E-state index is -0.603. The first-order chi connectivity index (χ1) is 14.1. The van der Waals surface area contributed by atoms with Gasteiger partial charge >= 0.3 is 0 Å². The van der Waals surface area contributed by atoms with Gasteiger partial charge in [0.25, 0.3) is 0 Å². The molecule has 3 aromatic carbocycles. The Morgan fingerprint density at radius 1 is 0.966 bits per heavy atom. The number of para-hydroxylation sites is 1. The first-order valence-corrected chi connectivity index (χ1v) is 9.45. The molecule has 0 radical (unpaired) electrons. The molecule has 29 heavy (non-hydrogen) atoms. The Morgan fingerprint density at radius 2 is 1.59 bits per heavy atom. The smallest absolute Gasteiger partial charge is 0.205 e. The normalized spacial score (nSPS) is 11.8. The molecular formula is C25H20N2O2. The third-order valence-corrected chi connectivity index (χ3v) is 5.02. The molecule has 4 aromatic rings. The fourth-order valence-electron chi connectivity index (χ4n) is 3.52. The van der Waals surface area contributed by atoms with Gasteiger partial charge in [-0.2, -0.15) is 5.26 Å². The van der Waals surface area contributed by atoms with E-state index in [0.717, 1.165) is 27.7 Å². The zero-order valence-corrected chi connectivity index (χ0v) is 16.3. The molecule has 0 saturated carbocycles. The van der Waals surface area contributed by atoms with E-state index < -0.39 is 6.10 Å². The van der Waals surface area contributed by atoms with Crippen LogP contribution in [-0.2, 0) is 0 Å². The van der Waals surface area contributed by atoms with Gasteiger partial charge in [0, 0.05) is 22.2 Å². The molecule has 0 aliphatic carbocycles. The van der Waals surface area contributed by atoms with Gasteiger partial charge in [-0.05, 0) is 55.3 Å². The molecule has 1 aromatic heterocycles. The average molecular weight is 380 g/mol. The summed E-state index contributed by atoms with van der Waals surface area (Å²) in [7, 11) is 0. The van der Waals surface area contributed by atoms with Gasteiger partial charge in [0.05, 0.1) is 11.6 Å². The first-order valence-electron chi connectivity index (χ1n) is 9.45. The number of hydrogen-bond acceptors (Lipinski definition) is 3. The summed E-state index contributed by atoms with van der Waals surface area (Å²) in [6.45, 7) is 3.68. The lowest BCUT2D eigenvalue weighted by Crippen LogP contribution is -2.24. The van der Waals surface area contributed by atoms with E-state index in [1.54, 1.807) is 19.1 Å². The van der Waals surface area contributed by atoms with Crippen molar-refractivity contribution in [2.75, 3.05) is 0 Å². The average Bonchev–Trinajstić information content (AvgIpc) is 3.09. The third-order valence-electron chi connectivity index (χ3n) is 5.02. The number of Topliss-reactive ketones (excluding diaryl/α,β-unsaturated/α-hetero) is 1. The lowest BCUT2D eigenvalue weighted by Gasteiger charge is -2.14. The molecule has 1 heterocycles. The Labute approximate surface area is 169 Å². The van der Waals surface area contributed by atoms with Crippen LogP contribution < -0.4 is 4.74 Å². The van der Waals surface area contributed by atoms with Gasteiger partial charge in [-0.3, -0.25) is 4.79 Å². The van der Waals surface area contributed by atoms with E-state index in [0.29, 0.717) is 16.9 Å². The monoisotopic (exact) mass is 380 g/mol. The Kier molecular flexibility index (Phi) is 4.88. The maximum Gasteiger partial charge on any atom is 0.205 e. The van der Waals surface area contributed by atoms with Crippen molar-refractivity contribution in [2.24, 2.45) is 0 Å². The minimum absolute atomic E-state index is 0.0453. The zero-order chi connectivity index (χ0) is 20.4. The predicted octanol–water partition coefficient (Wildman–Crippen LogP) is 5.67. The summed E-state index contributed by atoms with van der Waals surface area (Å²) in [5, 5.41) is 9.83. The van der Waals surface area contributed by atoms with Crippen molar-refractivity contribution in [3.8, 4) is 22.9 Å². The number of nitriles is 1. The molecule has 142 valence electrons. The fourth-order valence-corrected chi connectivity index (χ4v) is 3.52. The molecule has 0 amide bonds. The topological polar surface area (TPSA) is 65.9 Å². The Bertz CT molecular complexity index is 1210. The molecule has 0 aliphatic heterocycles. The summed E-state index contributed by atoms with van der Waals surface area (Å²) >= 11 is 0. The van der Waals surface area contributed by atoms with Crippen LogP contribution in [0.25, 0.3) is 22.0 Å². The van der Waals surface area contributed by atoms with E-state index in [1.807, 2.05) is 67.6 Å². The maximum atomic E-state index is 13.0.